The van der Waals surface area contributed by atoms with Gasteiger partial charge in [-0.1, -0.05) is 30.3 Å². The Bertz CT molecular complexity index is 635. The summed E-state index contributed by atoms with van der Waals surface area (Å²) in [6.07, 6.45) is 7.61. The highest BCUT2D eigenvalue weighted by Gasteiger charge is 2.56. The van der Waals surface area contributed by atoms with E-state index < -0.39 is 0 Å². The van der Waals surface area contributed by atoms with Crippen molar-refractivity contribution in [2.45, 2.75) is 51.0 Å². The predicted octanol–water partition coefficient (Wildman–Crippen LogP) is 3.98. The van der Waals surface area contributed by atoms with Crippen molar-refractivity contribution < 1.29 is 9.53 Å². The molecule has 1 amide bonds. The topological polar surface area (TPSA) is 29.5 Å². The summed E-state index contributed by atoms with van der Waals surface area (Å²) in [7, 11) is 0. The molecule has 5 aliphatic rings. The van der Waals surface area contributed by atoms with Crippen LogP contribution in [-0.2, 0) is 15.1 Å². The molecule has 0 N–H and O–H groups in total. The fourth-order valence-corrected chi connectivity index (χ4v) is 6.72. The number of amides is 1. The standard InChI is InChI=1S/C22H29NO2/c1-21(19-5-3-2-4-6-19)15-23(7-8-25-21)20(24)22-12-16-9-17(13-22)11-18(10-16)14-22/h2-6,16-18H,7-15H2,1H3/t16?,17?,18?,21-,22?/m1/s1. The number of hydrogen-bond acceptors (Lipinski definition) is 2. The Hall–Kier alpha value is -1.35. The normalized spacial score (nSPS) is 42.6. The van der Waals surface area contributed by atoms with Gasteiger partial charge in [-0.05, 0) is 68.8 Å². The highest BCUT2D eigenvalue weighted by molar-refractivity contribution is 5.83. The molecule has 1 heterocycles. The van der Waals surface area contributed by atoms with Gasteiger partial charge in [0.25, 0.3) is 0 Å². The maximum absolute atomic E-state index is 13.6. The van der Waals surface area contributed by atoms with Crippen molar-refractivity contribution in [2.75, 3.05) is 19.7 Å². The van der Waals surface area contributed by atoms with Crippen LogP contribution in [-0.4, -0.2) is 30.5 Å². The molecule has 4 bridgehead atoms. The van der Waals surface area contributed by atoms with Crippen LogP contribution in [0.25, 0.3) is 0 Å². The first kappa shape index (κ1) is 15.9. The number of benzene rings is 1. The second-order valence-corrected chi connectivity index (χ2v) is 9.37. The minimum absolute atomic E-state index is 0.0380. The second kappa shape index (κ2) is 5.57. The van der Waals surface area contributed by atoms with Crippen LogP contribution in [0.2, 0.25) is 0 Å². The zero-order valence-corrected chi connectivity index (χ0v) is 15.2. The average molecular weight is 339 g/mol. The summed E-state index contributed by atoms with van der Waals surface area (Å²) in [5.74, 6) is 2.89. The van der Waals surface area contributed by atoms with E-state index in [4.69, 9.17) is 4.74 Å². The summed E-state index contributed by atoms with van der Waals surface area (Å²) in [4.78, 5) is 15.8. The molecule has 1 atom stereocenters. The van der Waals surface area contributed by atoms with Crippen LogP contribution in [0.1, 0.15) is 51.0 Å². The van der Waals surface area contributed by atoms with Crippen molar-refractivity contribution >= 4 is 5.91 Å². The highest BCUT2D eigenvalue weighted by Crippen LogP contribution is 2.60. The molecule has 4 aliphatic carbocycles. The van der Waals surface area contributed by atoms with E-state index in [0.29, 0.717) is 19.1 Å². The summed E-state index contributed by atoms with van der Waals surface area (Å²) in [6, 6.07) is 10.4. The molecule has 4 saturated carbocycles. The molecule has 0 aromatic heterocycles. The largest absolute Gasteiger partial charge is 0.367 e. The fourth-order valence-electron chi connectivity index (χ4n) is 6.72. The van der Waals surface area contributed by atoms with Crippen LogP contribution in [0.15, 0.2) is 30.3 Å². The van der Waals surface area contributed by atoms with Crippen molar-refractivity contribution in [3.8, 4) is 0 Å². The van der Waals surface area contributed by atoms with Gasteiger partial charge in [0.15, 0.2) is 0 Å². The Kier molecular flexibility index (Phi) is 3.54. The first-order valence-corrected chi connectivity index (χ1v) is 10.1. The molecule has 0 radical (unpaired) electrons. The Labute approximate surface area is 150 Å². The first-order chi connectivity index (χ1) is 12.1. The molecule has 134 valence electrons. The molecule has 25 heavy (non-hydrogen) atoms. The predicted molar refractivity (Wildman–Crippen MR) is 96.9 cm³/mol. The van der Waals surface area contributed by atoms with Crippen molar-refractivity contribution in [3.63, 3.8) is 0 Å². The monoisotopic (exact) mass is 339 g/mol. The van der Waals surface area contributed by atoms with Gasteiger partial charge in [0, 0.05) is 6.54 Å². The molecule has 1 aromatic carbocycles. The van der Waals surface area contributed by atoms with E-state index in [0.717, 1.165) is 43.6 Å². The van der Waals surface area contributed by atoms with E-state index in [1.165, 1.54) is 24.8 Å². The van der Waals surface area contributed by atoms with Crippen molar-refractivity contribution in [3.05, 3.63) is 35.9 Å². The highest BCUT2D eigenvalue weighted by atomic mass is 16.5. The third-order valence-electron chi connectivity index (χ3n) is 7.44. The first-order valence-electron chi connectivity index (χ1n) is 10.1. The molecular formula is C22H29NO2. The zero-order valence-electron chi connectivity index (χ0n) is 15.2. The summed E-state index contributed by atoms with van der Waals surface area (Å²) in [5, 5.41) is 0. The maximum Gasteiger partial charge on any atom is 0.229 e. The molecule has 1 saturated heterocycles. The summed E-state index contributed by atoms with van der Waals surface area (Å²) in [5.41, 5.74) is 0.763. The molecule has 3 heteroatoms. The molecule has 5 fully saturated rings. The molecule has 1 aliphatic heterocycles. The van der Waals surface area contributed by atoms with Gasteiger partial charge in [0.05, 0.1) is 18.6 Å². The van der Waals surface area contributed by atoms with Gasteiger partial charge < -0.3 is 9.64 Å². The zero-order chi connectivity index (χ0) is 17.1. The van der Waals surface area contributed by atoms with Gasteiger partial charge in [-0.2, -0.15) is 0 Å². The molecule has 0 spiro atoms. The van der Waals surface area contributed by atoms with E-state index in [9.17, 15) is 4.79 Å². The number of nitrogens with zero attached hydrogens (tertiary/aromatic N) is 1. The van der Waals surface area contributed by atoms with Crippen LogP contribution in [0.5, 0.6) is 0 Å². The third-order valence-corrected chi connectivity index (χ3v) is 7.44. The molecule has 3 nitrogen and oxygen atoms in total. The van der Waals surface area contributed by atoms with Crippen LogP contribution in [0.4, 0.5) is 0 Å². The van der Waals surface area contributed by atoms with Crippen LogP contribution in [0.3, 0.4) is 0 Å². The Morgan fingerprint density at radius 1 is 1.04 bits per heavy atom. The Balaban J connectivity index is 1.39. The number of hydrogen-bond donors (Lipinski definition) is 0. The van der Waals surface area contributed by atoms with E-state index >= 15 is 0 Å². The van der Waals surface area contributed by atoms with E-state index in [1.807, 2.05) is 6.07 Å². The summed E-state index contributed by atoms with van der Waals surface area (Å²) < 4.78 is 6.16. The lowest BCUT2D eigenvalue weighted by atomic mass is 9.49. The van der Waals surface area contributed by atoms with Gasteiger partial charge in [-0.25, -0.2) is 0 Å². The second-order valence-electron chi connectivity index (χ2n) is 9.37. The van der Waals surface area contributed by atoms with Crippen molar-refractivity contribution in [1.29, 1.82) is 0 Å². The Morgan fingerprint density at radius 3 is 2.24 bits per heavy atom. The van der Waals surface area contributed by atoms with E-state index in [2.05, 4.69) is 36.1 Å². The number of rotatable bonds is 2. The molecular weight excluding hydrogens is 310 g/mol. The number of carbonyl (C=O) groups excluding carboxylic acids is 1. The lowest BCUT2D eigenvalue weighted by Gasteiger charge is -2.57. The number of carbonyl (C=O) groups is 1. The van der Waals surface area contributed by atoms with Gasteiger partial charge >= 0.3 is 0 Å². The smallest absolute Gasteiger partial charge is 0.229 e. The van der Waals surface area contributed by atoms with E-state index in [1.54, 1.807) is 0 Å². The van der Waals surface area contributed by atoms with Crippen LogP contribution >= 0.6 is 0 Å². The van der Waals surface area contributed by atoms with Gasteiger partial charge in [0.1, 0.15) is 5.60 Å². The quantitative estimate of drug-likeness (QED) is 0.816. The number of morpholine rings is 1. The fraction of sp³-hybridized carbons (Fsp3) is 0.682. The molecule has 6 rings (SSSR count). The minimum atomic E-state index is -0.378. The SMILES string of the molecule is C[C@]1(c2ccccc2)CN(C(=O)C23CC4CC(CC(C4)C2)C3)CCO1. The van der Waals surface area contributed by atoms with Gasteiger partial charge in [0.2, 0.25) is 5.91 Å². The maximum atomic E-state index is 13.6. The lowest BCUT2D eigenvalue weighted by Crippen LogP contribution is -2.59. The molecule has 0 unspecified atom stereocenters. The summed E-state index contributed by atoms with van der Waals surface area (Å²) >= 11 is 0. The van der Waals surface area contributed by atoms with Crippen LogP contribution in [0, 0.1) is 23.2 Å². The van der Waals surface area contributed by atoms with Crippen molar-refractivity contribution in [1.82, 2.24) is 4.90 Å². The average Bonchev–Trinajstić information content (AvgIpc) is 2.61. The van der Waals surface area contributed by atoms with Gasteiger partial charge in [-0.3, -0.25) is 4.79 Å². The summed E-state index contributed by atoms with van der Waals surface area (Å²) in [6.45, 7) is 4.23. The van der Waals surface area contributed by atoms with Gasteiger partial charge in [-0.15, -0.1) is 0 Å². The van der Waals surface area contributed by atoms with E-state index in [-0.39, 0.29) is 11.0 Å². The number of ether oxygens (including phenoxy) is 1. The van der Waals surface area contributed by atoms with Crippen LogP contribution < -0.4 is 0 Å². The van der Waals surface area contributed by atoms with Crippen molar-refractivity contribution in [2.24, 2.45) is 23.2 Å². The molecule has 1 aromatic rings. The third kappa shape index (κ3) is 2.54. The Morgan fingerprint density at radius 2 is 1.64 bits per heavy atom. The minimum Gasteiger partial charge on any atom is -0.367 e. The lowest BCUT2D eigenvalue weighted by molar-refractivity contribution is -0.172.